The molecule has 2 heterocycles. The van der Waals surface area contributed by atoms with Crippen molar-refractivity contribution in [1.29, 1.82) is 0 Å². The van der Waals surface area contributed by atoms with Crippen LogP contribution < -0.4 is 15.7 Å². The van der Waals surface area contributed by atoms with Crippen LogP contribution in [0.3, 0.4) is 0 Å². The number of nitrogens with zero attached hydrogens (tertiary/aromatic N) is 1. The van der Waals surface area contributed by atoms with Crippen LogP contribution in [0.4, 0.5) is 0 Å². The van der Waals surface area contributed by atoms with Crippen molar-refractivity contribution in [2.45, 2.75) is 40.0 Å². The van der Waals surface area contributed by atoms with Crippen LogP contribution in [0.1, 0.15) is 33.1 Å². The van der Waals surface area contributed by atoms with E-state index in [0.717, 1.165) is 28.1 Å². The molecule has 0 saturated heterocycles. The Kier molecular flexibility index (Phi) is 6.14. The van der Waals surface area contributed by atoms with Crippen LogP contribution in [-0.4, -0.2) is 24.5 Å². The van der Waals surface area contributed by atoms with Crippen molar-refractivity contribution in [3.05, 3.63) is 55.3 Å². The summed E-state index contributed by atoms with van der Waals surface area (Å²) in [5.41, 5.74) is 2.50. The average Bonchev–Trinajstić information content (AvgIpc) is 2.98. The van der Waals surface area contributed by atoms with Crippen molar-refractivity contribution in [3.63, 3.8) is 0 Å². The first-order chi connectivity index (χ1) is 13.4. The van der Waals surface area contributed by atoms with E-state index in [9.17, 15) is 9.59 Å². The van der Waals surface area contributed by atoms with Crippen molar-refractivity contribution >= 4 is 28.2 Å². The van der Waals surface area contributed by atoms with E-state index in [-0.39, 0.29) is 12.3 Å². The Morgan fingerprint density at radius 2 is 2.04 bits per heavy atom. The fourth-order valence-electron chi connectivity index (χ4n) is 3.24. The molecule has 1 N–H and O–H groups in total. The van der Waals surface area contributed by atoms with Gasteiger partial charge in [-0.05, 0) is 44.9 Å². The van der Waals surface area contributed by atoms with Crippen molar-refractivity contribution in [2.24, 2.45) is 0 Å². The molecule has 0 bridgehead atoms. The fourth-order valence-corrected chi connectivity index (χ4v) is 4.17. The minimum Gasteiger partial charge on any atom is -0.497 e. The van der Waals surface area contributed by atoms with E-state index < -0.39 is 5.63 Å². The molecule has 0 unspecified atom stereocenters. The van der Waals surface area contributed by atoms with Gasteiger partial charge in [0.2, 0.25) is 5.91 Å². The largest absolute Gasteiger partial charge is 0.497 e. The van der Waals surface area contributed by atoms with E-state index >= 15 is 0 Å². The second-order valence-corrected chi connectivity index (χ2v) is 7.98. The number of ether oxygens (including phenoxy) is 1. The van der Waals surface area contributed by atoms with Gasteiger partial charge in [0, 0.05) is 41.3 Å². The highest BCUT2D eigenvalue weighted by Gasteiger charge is 2.14. The van der Waals surface area contributed by atoms with Crippen LogP contribution in [0, 0.1) is 20.8 Å². The number of rotatable bonds is 7. The summed E-state index contributed by atoms with van der Waals surface area (Å²) in [7, 11) is 1.57. The first-order valence-electron chi connectivity index (χ1n) is 9.19. The van der Waals surface area contributed by atoms with E-state index in [4.69, 9.17) is 9.15 Å². The Labute approximate surface area is 167 Å². The highest BCUT2D eigenvalue weighted by Crippen LogP contribution is 2.24. The summed E-state index contributed by atoms with van der Waals surface area (Å²) >= 11 is 1.66. The van der Waals surface area contributed by atoms with Crippen LogP contribution in [-0.2, 0) is 17.6 Å². The van der Waals surface area contributed by atoms with Gasteiger partial charge in [0.05, 0.1) is 17.8 Å². The third-order valence-corrected chi connectivity index (χ3v) is 5.90. The molecule has 0 radical (unpaired) electrons. The molecule has 0 aliphatic rings. The van der Waals surface area contributed by atoms with E-state index in [1.165, 1.54) is 4.88 Å². The van der Waals surface area contributed by atoms with Crippen LogP contribution in [0.2, 0.25) is 0 Å². The van der Waals surface area contributed by atoms with Gasteiger partial charge >= 0.3 is 5.63 Å². The maximum absolute atomic E-state index is 12.4. The third kappa shape index (κ3) is 4.42. The van der Waals surface area contributed by atoms with Crippen molar-refractivity contribution in [2.75, 3.05) is 13.7 Å². The molecule has 6 nitrogen and oxygen atoms in total. The summed E-state index contributed by atoms with van der Waals surface area (Å²) in [5, 5.41) is 4.81. The van der Waals surface area contributed by atoms with Gasteiger partial charge in [-0.2, -0.15) is 0 Å². The van der Waals surface area contributed by atoms with E-state index in [0.29, 0.717) is 29.9 Å². The molecule has 0 aliphatic heterocycles. The normalized spacial score (nSPS) is 11.0. The van der Waals surface area contributed by atoms with Crippen LogP contribution in [0.15, 0.2) is 27.4 Å². The highest BCUT2D eigenvalue weighted by atomic mass is 32.1. The number of aryl methyl sites for hydroxylation is 3. The van der Waals surface area contributed by atoms with Gasteiger partial charge in [-0.25, -0.2) is 9.78 Å². The maximum atomic E-state index is 12.4. The number of hydrogen-bond acceptors (Lipinski definition) is 6. The van der Waals surface area contributed by atoms with E-state index in [2.05, 4.69) is 10.3 Å². The Morgan fingerprint density at radius 3 is 2.71 bits per heavy atom. The molecular weight excluding hydrogens is 376 g/mol. The second-order valence-electron chi connectivity index (χ2n) is 6.70. The zero-order valence-electron chi connectivity index (χ0n) is 16.5. The molecule has 0 saturated carbocycles. The number of hydrogen-bond donors (Lipinski definition) is 1. The molecule has 3 aromatic rings. The topological polar surface area (TPSA) is 81.4 Å². The molecule has 0 atom stereocenters. The van der Waals surface area contributed by atoms with Gasteiger partial charge in [0.25, 0.3) is 0 Å². The number of nitrogens with one attached hydrogen (secondary N) is 1. The summed E-state index contributed by atoms with van der Waals surface area (Å²) in [6.07, 6.45) is 1.36. The fraction of sp³-hybridized carbons (Fsp3) is 0.381. The summed E-state index contributed by atoms with van der Waals surface area (Å²) in [5.74, 6) is 0.557. The molecule has 0 fully saturated rings. The molecule has 0 spiro atoms. The lowest BCUT2D eigenvalue weighted by atomic mass is 10.0. The minimum absolute atomic E-state index is 0.0764. The molecule has 0 aliphatic carbocycles. The SMILES string of the molecule is COc1ccc2c(C)c(CCC(=O)NCCc3sc(C)nc3C)c(=O)oc2c1. The number of benzene rings is 1. The smallest absolute Gasteiger partial charge is 0.339 e. The van der Waals surface area contributed by atoms with Crippen LogP contribution >= 0.6 is 11.3 Å². The first-order valence-corrected chi connectivity index (χ1v) is 10.0. The van der Waals surface area contributed by atoms with E-state index in [1.807, 2.05) is 32.9 Å². The Hall–Kier alpha value is -2.67. The highest BCUT2D eigenvalue weighted by molar-refractivity contribution is 7.11. The van der Waals surface area contributed by atoms with Crippen LogP contribution in [0.25, 0.3) is 11.0 Å². The van der Waals surface area contributed by atoms with Gasteiger partial charge in [-0.1, -0.05) is 0 Å². The number of carbonyl (C=O) groups is 1. The maximum Gasteiger partial charge on any atom is 0.339 e. The zero-order chi connectivity index (χ0) is 20.3. The summed E-state index contributed by atoms with van der Waals surface area (Å²) in [6.45, 7) is 6.41. The molecule has 1 aromatic carbocycles. The Bertz CT molecular complexity index is 1070. The van der Waals surface area contributed by atoms with E-state index in [1.54, 1.807) is 24.5 Å². The summed E-state index contributed by atoms with van der Waals surface area (Å²) in [4.78, 5) is 30.1. The molecule has 1 amide bonds. The Morgan fingerprint density at radius 1 is 1.25 bits per heavy atom. The Balaban J connectivity index is 1.62. The predicted molar refractivity (Wildman–Crippen MR) is 110 cm³/mol. The minimum atomic E-state index is -0.401. The molecule has 28 heavy (non-hydrogen) atoms. The van der Waals surface area contributed by atoms with Gasteiger partial charge in [-0.15, -0.1) is 11.3 Å². The van der Waals surface area contributed by atoms with Crippen molar-refractivity contribution < 1.29 is 13.9 Å². The number of thiazole rings is 1. The summed E-state index contributed by atoms with van der Waals surface area (Å²) < 4.78 is 10.6. The lowest BCUT2D eigenvalue weighted by molar-refractivity contribution is -0.121. The number of aromatic nitrogens is 1. The van der Waals surface area contributed by atoms with Crippen molar-refractivity contribution in [3.8, 4) is 5.75 Å². The van der Waals surface area contributed by atoms with Gasteiger partial charge in [-0.3, -0.25) is 4.79 Å². The van der Waals surface area contributed by atoms with Crippen molar-refractivity contribution in [1.82, 2.24) is 10.3 Å². The molecular formula is C21H24N2O4S. The standard InChI is InChI=1S/C21H24N2O4S/c1-12-16-6-5-15(26-4)11-18(16)27-21(25)17(12)7-8-20(24)22-10-9-19-13(2)23-14(3)28-19/h5-6,11H,7-10H2,1-4H3,(H,22,24). The average molecular weight is 401 g/mol. The van der Waals surface area contributed by atoms with Gasteiger partial charge < -0.3 is 14.5 Å². The molecule has 2 aromatic heterocycles. The first kappa shape index (κ1) is 20.1. The van der Waals surface area contributed by atoms with Crippen LogP contribution in [0.5, 0.6) is 5.75 Å². The van der Waals surface area contributed by atoms with Gasteiger partial charge in [0.1, 0.15) is 11.3 Å². The lowest BCUT2D eigenvalue weighted by Crippen LogP contribution is -2.26. The third-order valence-electron chi connectivity index (χ3n) is 4.77. The monoisotopic (exact) mass is 400 g/mol. The number of carbonyl (C=O) groups excluding carboxylic acids is 1. The predicted octanol–water partition coefficient (Wildman–Crippen LogP) is 3.47. The molecule has 148 valence electrons. The lowest BCUT2D eigenvalue weighted by Gasteiger charge is -2.09. The number of amides is 1. The van der Waals surface area contributed by atoms with Gasteiger partial charge in [0.15, 0.2) is 0 Å². The molecule has 7 heteroatoms. The zero-order valence-corrected chi connectivity index (χ0v) is 17.4. The quantitative estimate of drug-likeness (QED) is 0.614. The summed E-state index contributed by atoms with van der Waals surface area (Å²) in [6, 6.07) is 5.40. The number of fused-ring (bicyclic) bond motifs is 1. The second kappa shape index (κ2) is 8.56. The number of methoxy groups -OCH3 is 1. The molecule has 3 rings (SSSR count).